The second-order valence-corrected chi connectivity index (χ2v) is 12.1. The van der Waals surface area contributed by atoms with Gasteiger partial charge in [0.05, 0.1) is 17.6 Å². The van der Waals surface area contributed by atoms with Gasteiger partial charge in [-0.15, -0.1) is 0 Å². The van der Waals surface area contributed by atoms with E-state index in [1.807, 2.05) is 18.2 Å². The molecule has 6 aliphatic rings. The number of benzene rings is 2. The number of nitrogens with zero attached hydrogens (tertiary/aromatic N) is 1. The Hall–Kier alpha value is -3.75. The lowest BCUT2D eigenvalue weighted by Gasteiger charge is -2.56. The molecule has 2 aromatic rings. The number of rotatable bonds is 6. The minimum absolute atomic E-state index is 0.123. The van der Waals surface area contributed by atoms with Gasteiger partial charge < -0.3 is 14.8 Å². The van der Waals surface area contributed by atoms with E-state index in [1.54, 1.807) is 6.07 Å². The summed E-state index contributed by atoms with van der Waals surface area (Å²) < 4.78 is 25.5. The number of hydrogen-bond donors (Lipinski definition) is 1. The monoisotopic (exact) mass is 532 g/mol. The van der Waals surface area contributed by atoms with Crippen molar-refractivity contribution in [2.45, 2.75) is 63.5 Å². The summed E-state index contributed by atoms with van der Waals surface area (Å²) in [5.74, 6) is -0.0324. The van der Waals surface area contributed by atoms with E-state index in [2.05, 4.69) is 5.32 Å². The fourth-order valence-electron chi connectivity index (χ4n) is 8.20. The number of esters is 1. The molecule has 0 spiro atoms. The lowest BCUT2D eigenvalue weighted by Crippen LogP contribution is -2.61. The summed E-state index contributed by atoms with van der Waals surface area (Å²) in [6, 6.07) is 10.1. The van der Waals surface area contributed by atoms with Gasteiger partial charge in [0, 0.05) is 46.6 Å². The lowest BCUT2D eigenvalue weighted by molar-refractivity contribution is -0.590. The Kier molecular flexibility index (Phi) is 5.38. The minimum Gasteiger partial charge on any atom is -0.487 e. The summed E-state index contributed by atoms with van der Waals surface area (Å²) in [5, 5.41) is 14.7. The van der Waals surface area contributed by atoms with Crippen LogP contribution >= 0.6 is 0 Å². The summed E-state index contributed by atoms with van der Waals surface area (Å²) in [5.41, 5.74) is 2.58. The van der Waals surface area contributed by atoms with Crippen LogP contribution in [0.4, 0.5) is 10.1 Å². The Labute approximate surface area is 224 Å². The highest BCUT2D eigenvalue weighted by molar-refractivity contribution is 6.36. The number of carbonyl (C=O) groups excluding carboxylic acids is 2. The number of carbonyl (C=O) groups is 2. The topological polar surface area (TPSA) is 108 Å². The average molecular weight is 533 g/mol. The fourth-order valence-corrected chi connectivity index (χ4v) is 8.20. The summed E-state index contributed by atoms with van der Waals surface area (Å²) in [6.45, 7) is 0.588. The molecule has 8 nitrogen and oxygen atoms in total. The Morgan fingerprint density at radius 1 is 1.13 bits per heavy atom. The molecule has 1 N–H and O–H groups in total. The summed E-state index contributed by atoms with van der Waals surface area (Å²) in [7, 11) is 0. The first-order valence-electron chi connectivity index (χ1n) is 13.7. The normalized spacial score (nSPS) is 31.5. The van der Waals surface area contributed by atoms with Crippen LogP contribution < -0.4 is 5.32 Å². The molecule has 2 atom stereocenters. The quantitative estimate of drug-likeness (QED) is 0.179. The first-order valence-corrected chi connectivity index (χ1v) is 13.7. The number of hydrogen-bond acceptors (Lipinski definition) is 6. The average Bonchev–Trinajstić information content (AvgIpc) is 3.44. The third kappa shape index (κ3) is 3.85. The molecule has 4 saturated carbocycles. The van der Waals surface area contributed by atoms with Crippen LogP contribution in [-0.2, 0) is 32.1 Å². The highest BCUT2D eigenvalue weighted by Gasteiger charge is 2.66. The van der Waals surface area contributed by atoms with Crippen LogP contribution in [0.1, 0.15) is 67.2 Å². The zero-order valence-corrected chi connectivity index (χ0v) is 21.5. The molecular formula is C30H29FN2O6. The van der Waals surface area contributed by atoms with Crippen LogP contribution in [0, 0.1) is 33.2 Å². The number of nitrogens with one attached hydrogen (secondary N) is 1. The molecule has 0 saturated heterocycles. The second kappa shape index (κ2) is 8.63. The molecule has 4 fully saturated rings. The maximum atomic E-state index is 13.9. The molecule has 4 aliphatic carbocycles. The van der Waals surface area contributed by atoms with E-state index in [-0.39, 0.29) is 35.2 Å². The zero-order valence-electron chi connectivity index (χ0n) is 21.5. The van der Waals surface area contributed by atoms with E-state index in [1.165, 1.54) is 12.1 Å². The van der Waals surface area contributed by atoms with E-state index in [0.29, 0.717) is 61.3 Å². The van der Waals surface area contributed by atoms with Crippen molar-refractivity contribution in [3.63, 3.8) is 0 Å². The molecule has 1 amide bonds. The Morgan fingerprint density at radius 2 is 1.92 bits per heavy atom. The van der Waals surface area contributed by atoms with E-state index in [9.17, 15) is 24.1 Å². The maximum Gasteiger partial charge on any atom is 0.312 e. The van der Waals surface area contributed by atoms with E-state index < -0.39 is 16.8 Å². The number of fused-ring (bicyclic) bond motifs is 2. The van der Waals surface area contributed by atoms with Crippen LogP contribution in [0.5, 0.6) is 0 Å². The number of nitro groups is 1. The number of anilines is 1. The van der Waals surface area contributed by atoms with E-state index >= 15 is 0 Å². The molecule has 9 heteroatoms. The van der Waals surface area contributed by atoms with Gasteiger partial charge in [0.15, 0.2) is 0 Å². The van der Waals surface area contributed by atoms with Gasteiger partial charge in [-0.25, -0.2) is 4.39 Å². The molecular weight excluding hydrogens is 503 g/mol. The summed E-state index contributed by atoms with van der Waals surface area (Å²) in [6.07, 6.45) is 5.27. The van der Waals surface area contributed by atoms with Crippen LogP contribution in [0.2, 0.25) is 0 Å². The van der Waals surface area contributed by atoms with Crippen molar-refractivity contribution in [2.75, 3.05) is 11.9 Å². The van der Waals surface area contributed by atoms with Crippen molar-refractivity contribution < 1.29 is 28.4 Å². The summed E-state index contributed by atoms with van der Waals surface area (Å²) >= 11 is 0. The van der Waals surface area contributed by atoms with Crippen molar-refractivity contribution in [1.82, 2.24) is 0 Å². The van der Waals surface area contributed by atoms with Crippen LogP contribution in [-0.4, -0.2) is 28.9 Å². The highest BCUT2D eigenvalue weighted by atomic mass is 19.1. The van der Waals surface area contributed by atoms with Crippen molar-refractivity contribution in [1.29, 1.82) is 0 Å². The molecule has 8 rings (SSSR count). The van der Waals surface area contributed by atoms with Crippen molar-refractivity contribution in [3.8, 4) is 0 Å². The first kappa shape index (κ1) is 24.3. The van der Waals surface area contributed by atoms with E-state index in [4.69, 9.17) is 9.47 Å². The van der Waals surface area contributed by atoms with Gasteiger partial charge in [-0.1, -0.05) is 18.2 Å². The first-order chi connectivity index (χ1) is 18.8. The Balaban J connectivity index is 1.01. The zero-order chi connectivity index (χ0) is 26.9. The minimum atomic E-state index is -0.945. The Bertz CT molecular complexity index is 1450. The largest absolute Gasteiger partial charge is 0.487 e. The predicted octanol–water partition coefficient (Wildman–Crippen LogP) is 5.27. The van der Waals surface area contributed by atoms with Gasteiger partial charge >= 0.3 is 5.97 Å². The van der Waals surface area contributed by atoms with Gasteiger partial charge in [-0.05, 0) is 67.7 Å². The second-order valence-electron chi connectivity index (χ2n) is 12.1. The standard InChI is InChI=1S/C30H29FN2O6/c31-21-4-6-24-23(10-21)25(27(34)32-24)26-22-5-3-17(9-20(22)15-39-26)2-1-7-38-28(35)29-11-18-8-19(12-29)14-30(13-18,16-29)33(36)37/h3-6,9-10,18-19H,1-2,7-8,11-16H2,(H,32,34)/b26-25+. The SMILES string of the molecule is O=C1Nc2ccc(F)cc2/C1=C1\OCc2cc(CCCOC(=O)C34CC5CC(C3)CC([N+](=O)[O-])(C5)C4)ccc21. The van der Waals surface area contributed by atoms with Crippen molar-refractivity contribution in [2.24, 2.45) is 17.3 Å². The molecule has 0 radical (unpaired) electrons. The lowest BCUT2D eigenvalue weighted by atomic mass is 9.47. The molecule has 202 valence electrons. The maximum absolute atomic E-state index is 13.9. The van der Waals surface area contributed by atoms with Gasteiger partial charge in [-0.3, -0.25) is 19.7 Å². The van der Waals surface area contributed by atoms with Crippen molar-refractivity contribution >= 4 is 28.9 Å². The molecule has 4 bridgehead atoms. The van der Waals surface area contributed by atoms with E-state index in [0.717, 1.165) is 36.0 Å². The molecule has 39 heavy (non-hydrogen) atoms. The fraction of sp³-hybridized carbons (Fsp3) is 0.467. The number of amides is 1. The van der Waals surface area contributed by atoms with Gasteiger partial charge in [0.25, 0.3) is 5.91 Å². The number of halogens is 1. The molecule has 0 aromatic heterocycles. The number of aryl methyl sites for hydroxylation is 1. The number of ether oxygens (including phenoxy) is 2. The van der Waals surface area contributed by atoms with Gasteiger partial charge in [0.2, 0.25) is 5.54 Å². The predicted molar refractivity (Wildman–Crippen MR) is 139 cm³/mol. The smallest absolute Gasteiger partial charge is 0.312 e. The molecule has 2 aromatic carbocycles. The highest BCUT2D eigenvalue weighted by Crippen LogP contribution is 2.63. The summed E-state index contributed by atoms with van der Waals surface area (Å²) in [4.78, 5) is 37.6. The van der Waals surface area contributed by atoms with Crippen molar-refractivity contribution in [3.05, 3.63) is 74.6 Å². The third-order valence-electron chi connectivity index (χ3n) is 9.43. The van der Waals surface area contributed by atoms with Gasteiger partial charge in [0.1, 0.15) is 18.2 Å². The molecule has 2 aliphatic heterocycles. The van der Waals surface area contributed by atoms with Crippen LogP contribution in [0.25, 0.3) is 11.3 Å². The van der Waals surface area contributed by atoms with Crippen LogP contribution in [0.3, 0.4) is 0 Å². The molecule has 2 unspecified atom stereocenters. The Morgan fingerprint density at radius 3 is 2.69 bits per heavy atom. The van der Waals surface area contributed by atoms with Gasteiger partial charge in [-0.2, -0.15) is 0 Å². The third-order valence-corrected chi connectivity index (χ3v) is 9.43. The molecule has 2 heterocycles. The van der Waals surface area contributed by atoms with Crippen LogP contribution in [0.15, 0.2) is 36.4 Å².